The molecular formula is C15H16N2S. The van der Waals surface area contributed by atoms with Gasteiger partial charge in [0.15, 0.2) is 0 Å². The van der Waals surface area contributed by atoms with Gasteiger partial charge >= 0.3 is 0 Å². The molecule has 2 nitrogen and oxygen atoms in total. The maximum Gasteiger partial charge on any atom is 0.0608 e. The Bertz CT molecular complexity index is 554. The first-order valence-corrected chi connectivity index (χ1v) is 7.34. The molecule has 0 radical (unpaired) electrons. The number of hydrogen-bond acceptors (Lipinski definition) is 3. The largest absolute Gasteiger partial charge is 0.376 e. The molecule has 1 N–H and O–H groups in total. The molecule has 1 aliphatic rings. The molecule has 2 aromatic rings. The highest BCUT2D eigenvalue weighted by Gasteiger charge is 2.20. The minimum atomic E-state index is 0.392. The summed E-state index contributed by atoms with van der Waals surface area (Å²) in [5.74, 6) is 2.24. The van der Waals surface area contributed by atoms with Crippen molar-refractivity contribution in [1.82, 2.24) is 4.98 Å². The van der Waals surface area contributed by atoms with E-state index in [0.29, 0.717) is 6.04 Å². The van der Waals surface area contributed by atoms with Crippen LogP contribution in [0.2, 0.25) is 0 Å². The second-order valence-electron chi connectivity index (χ2n) is 4.55. The lowest BCUT2D eigenvalue weighted by atomic mass is 10.0. The summed E-state index contributed by atoms with van der Waals surface area (Å²) in [6.45, 7) is 2.05. The summed E-state index contributed by atoms with van der Waals surface area (Å²) in [6, 6.07) is 13.2. The van der Waals surface area contributed by atoms with Crippen molar-refractivity contribution in [1.29, 1.82) is 0 Å². The fourth-order valence-corrected chi connectivity index (χ4v) is 3.43. The topological polar surface area (TPSA) is 24.9 Å². The van der Waals surface area contributed by atoms with E-state index in [1.807, 2.05) is 30.9 Å². The maximum atomic E-state index is 4.33. The third-order valence-corrected chi connectivity index (χ3v) is 4.39. The number of nitrogens with zero attached hydrogens (tertiary/aromatic N) is 1. The van der Waals surface area contributed by atoms with Gasteiger partial charge in [-0.3, -0.25) is 4.98 Å². The summed E-state index contributed by atoms with van der Waals surface area (Å²) in [5, 5.41) is 3.62. The van der Waals surface area contributed by atoms with Crippen LogP contribution >= 0.6 is 11.8 Å². The number of nitrogens with one attached hydrogen (secondary N) is 1. The van der Waals surface area contributed by atoms with Crippen LogP contribution in [-0.2, 0) is 5.75 Å². The highest BCUT2D eigenvalue weighted by molar-refractivity contribution is 7.98. The van der Waals surface area contributed by atoms with Crippen LogP contribution in [0, 0.1) is 6.92 Å². The number of fused-ring (bicyclic) bond motifs is 1. The molecule has 3 heteroatoms. The van der Waals surface area contributed by atoms with Gasteiger partial charge in [0, 0.05) is 17.7 Å². The van der Waals surface area contributed by atoms with E-state index in [9.17, 15) is 0 Å². The van der Waals surface area contributed by atoms with Gasteiger partial charge in [-0.05, 0) is 30.2 Å². The normalized spacial score (nSPS) is 18.2. The average molecular weight is 256 g/mol. The lowest BCUT2D eigenvalue weighted by molar-refractivity contribution is 0.866. The number of anilines is 1. The molecule has 3 rings (SSSR count). The predicted molar refractivity (Wildman–Crippen MR) is 77.9 cm³/mol. The molecule has 0 saturated carbocycles. The number of aromatic nitrogens is 1. The average Bonchev–Trinajstić information content (AvgIpc) is 2.42. The van der Waals surface area contributed by atoms with Crippen molar-refractivity contribution in [2.45, 2.75) is 18.7 Å². The number of hydrogen-bond donors (Lipinski definition) is 1. The molecule has 1 aliphatic heterocycles. The van der Waals surface area contributed by atoms with Crippen molar-refractivity contribution >= 4 is 17.4 Å². The van der Waals surface area contributed by atoms with Crippen molar-refractivity contribution in [3.63, 3.8) is 0 Å². The second-order valence-corrected chi connectivity index (χ2v) is 5.58. The summed E-state index contributed by atoms with van der Waals surface area (Å²) in [6.07, 6.45) is 1.84. The van der Waals surface area contributed by atoms with Gasteiger partial charge in [0.1, 0.15) is 0 Å². The van der Waals surface area contributed by atoms with E-state index in [-0.39, 0.29) is 0 Å². The van der Waals surface area contributed by atoms with E-state index in [4.69, 9.17) is 0 Å². The van der Waals surface area contributed by atoms with Gasteiger partial charge in [-0.15, -0.1) is 0 Å². The maximum absolute atomic E-state index is 4.33. The van der Waals surface area contributed by atoms with Crippen molar-refractivity contribution in [2.24, 2.45) is 0 Å². The van der Waals surface area contributed by atoms with Gasteiger partial charge < -0.3 is 5.32 Å². The molecule has 18 heavy (non-hydrogen) atoms. The summed E-state index contributed by atoms with van der Waals surface area (Å²) in [5.41, 5.74) is 5.08. The van der Waals surface area contributed by atoms with Crippen molar-refractivity contribution in [3.8, 4) is 0 Å². The number of aryl methyl sites for hydroxylation is 1. The van der Waals surface area contributed by atoms with Crippen molar-refractivity contribution < 1.29 is 0 Å². The lowest BCUT2D eigenvalue weighted by Crippen LogP contribution is -2.19. The highest BCUT2D eigenvalue weighted by Crippen LogP contribution is 2.34. The Kier molecular flexibility index (Phi) is 3.24. The van der Waals surface area contributed by atoms with Gasteiger partial charge in [-0.1, -0.05) is 24.3 Å². The Morgan fingerprint density at radius 2 is 2.11 bits per heavy atom. The minimum Gasteiger partial charge on any atom is -0.376 e. The molecule has 0 bridgehead atoms. The molecule has 92 valence electrons. The van der Waals surface area contributed by atoms with E-state index in [1.54, 1.807) is 0 Å². The molecule has 1 unspecified atom stereocenters. The summed E-state index contributed by atoms with van der Waals surface area (Å²) < 4.78 is 0. The third-order valence-electron chi connectivity index (χ3n) is 3.31. The van der Waals surface area contributed by atoms with Crippen LogP contribution in [0.1, 0.15) is 22.9 Å². The molecule has 1 aromatic carbocycles. The Morgan fingerprint density at radius 1 is 1.22 bits per heavy atom. The van der Waals surface area contributed by atoms with E-state index in [0.717, 1.165) is 22.9 Å². The van der Waals surface area contributed by atoms with E-state index in [1.165, 1.54) is 11.1 Å². The Labute approximate surface area is 112 Å². The Balaban J connectivity index is 1.89. The summed E-state index contributed by atoms with van der Waals surface area (Å²) in [4.78, 5) is 4.33. The minimum absolute atomic E-state index is 0.392. The van der Waals surface area contributed by atoms with Crippen LogP contribution in [-0.4, -0.2) is 10.7 Å². The molecule has 0 amide bonds. The van der Waals surface area contributed by atoms with Gasteiger partial charge in [-0.25, -0.2) is 0 Å². The smallest absolute Gasteiger partial charge is 0.0608 e. The Hall–Kier alpha value is -1.48. The predicted octanol–water partition coefficient (Wildman–Crippen LogP) is 3.79. The summed E-state index contributed by atoms with van der Waals surface area (Å²) >= 11 is 1.99. The SMILES string of the molecule is Cc1ncccc1NC1CSCc2ccccc21. The number of pyridine rings is 1. The van der Waals surface area contributed by atoms with Crippen LogP contribution in [0.5, 0.6) is 0 Å². The molecule has 2 heterocycles. The monoisotopic (exact) mass is 256 g/mol. The van der Waals surface area contributed by atoms with Gasteiger partial charge in [0.05, 0.1) is 17.4 Å². The molecule has 0 spiro atoms. The summed E-state index contributed by atoms with van der Waals surface area (Å²) in [7, 11) is 0. The fourth-order valence-electron chi connectivity index (χ4n) is 2.33. The molecule has 0 saturated heterocycles. The first-order chi connectivity index (χ1) is 8.84. The van der Waals surface area contributed by atoms with E-state index < -0.39 is 0 Å². The first kappa shape index (κ1) is 11.6. The molecule has 1 aromatic heterocycles. The van der Waals surface area contributed by atoms with Crippen LogP contribution < -0.4 is 5.32 Å². The van der Waals surface area contributed by atoms with Crippen molar-refractivity contribution in [2.75, 3.05) is 11.1 Å². The number of thioether (sulfide) groups is 1. The standard InChI is InChI=1S/C15H16N2S/c1-11-14(7-4-8-16-11)17-15-10-18-9-12-5-2-3-6-13(12)15/h2-8,15,17H,9-10H2,1H3. The molecular weight excluding hydrogens is 240 g/mol. The zero-order chi connectivity index (χ0) is 12.4. The van der Waals surface area contributed by atoms with Crippen LogP contribution in [0.25, 0.3) is 0 Å². The zero-order valence-corrected chi connectivity index (χ0v) is 11.2. The second kappa shape index (κ2) is 5.02. The fraction of sp³-hybridized carbons (Fsp3) is 0.267. The van der Waals surface area contributed by atoms with E-state index >= 15 is 0 Å². The van der Waals surface area contributed by atoms with E-state index in [2.05, 4.69) is 40.6 Å². The number of benzene rings is 1. The van der Waals surface area contributed by atoms with Crippen molar-refractivity contribution in [3.05, 3.63) is 59.4 Å². The van der Waals surface area contributed by atoms with Crippen LogP contribution in [0.15, 0.2) is 42.6 Å². The molecule has 1 atom stereocenters. The van der Waals surface area contributed by atoms with Crippen LogP contribution in [0.4, 0.5) is 5.69 Å². The highest BCUT2D eigenvalue weighted by atomic mass is 32.2. The zero-order valence-electron chi connectivity index (χ0n) is 10.4. The molecule has 0 aliphatic carbocycles. The van der Waals surface area contributed by atoms with Gasteiger partial charge in [0.2, 0.25) is 0 Å². The van der Waals surface area contributed by atoms with Crippen LogP contribution in [0.3, 0.4) is 0 Å². The Morgan fingerprint density at radius 3 is 3.00 bits per heavy atom. The van der Waals surface area contributed by atoms with Gasteiger partial charge in [0.25, 0.3) is 0 Å². The quantitative estimate of drug-likeness (QED) is 0.885. The lowest BCUT2D eigenvalue weighted by Gasteiger charge is -2.27. The molecule has 0 fully saturated rings. The number of rotatable bonds is 2. The first-order valence-electron chi connectivity index (χ1n) is 6.18. The van der Waals surface area contributed by atoms with Gasteiger partial charge in [-0.2, -0.15) is 11.8 Å². The third kappa shape index (κ3) is 2.23.